The second-order valence-corrected chi connectivity index (χ2v) is 14.1. The van der Waals surface area contributed by atoms with E-state index in [1.54, 1.807) is 66.7 Å². The molecular formula is C30H25ClN4O5S2. The molecule has 5 aromatic rings. The highest BCUT2D eigenvalue weighted by molar-refractivity contribution is 7.90. The molecule has 6 rings (SSSR count). The number of nitrogens with zero attached hydrogens (tertiary/aromatic N) is 1. The van der Waals surface area contributed by atoms with Crippen molar-refractivity contribution in [2.24, 2.45) is 0 Å². The summed E-state index contributed by atoms with van der Waals surface area (Å²) in [5, 5.41) is -0.453. The first-order valence-electron chi connectivity index (χ1n) is 13.0. The molecule has 1 fully saturated rings. The Morgan fingerprint density at radius 3 is 2.29 bits per heavy atom. The summed E-state index contributed by atoms with van der Waals surface area (Å²) in [4.78, 5) is 19.6. The number of hydrogen-bond donors (Lipinski definition) is 3. The summed E-state index contributed by atoms with van der Waals surface area (Å²) in [6.45, 7) is 0. The maximum atomic E-state index is 13.6. The van der Waals surface area contributed by atoms with Crippen molar-refractivity contribution in [3.8, 4) is 11.1 Å². The van der Waals surface area contributed by atoms with Gasteiger partial charge in [-0.25, -0.2) is 26.5 Å². The molecule has 0 aliphatic carbocycles. The van der Waals surface area contributed by atoms with Gasteiger partial charge in [-0.15, -0.1) is 0 Å². The van der Waals surface area contributed by atoms with E-state index in [0.29, 0.717) is 27.4 Å². The van der Waals surface area contributed by atoms with Crippen molar-refractivity contribution in [1.29, 1.82) is 0 Å². The zero-order chi connectivity index (χ0) is 29.5. The third-order valence-electron chi connectivity index (χ3n) is 7.15. The zero-order valence-corrected chi connectivity index (χ0v) is 24.4. The quantitative estimate of drug-likeness (QED) is 0.222. The maximum Gasteiger partial charge on any atom is 0.242 e. The van der Waals surface area contributed by atoms with Crippen molar-refractivity contribution in [1.82, 2.24) is 19.4 Å². The van der Waals surface area contributed by atoms with Crippen LogP contribution < -0.4 is 9.44 Å². The Hall–Kier alpha value is -4.03. The number of amides is 1. The molecule has 1 unspecified atom stereocenters. The summed E-state index contributed by atoms with van der Waals surface area (Å²) in [5.41, 5.74) is 4.37. The second-order valence-electron chi connectivity index (χ2n) is 10.1. The number of rotatable bonds is 8. The number of hydrogen-bond acceptors (Lipinski definition) is 6. The number of H-pyrrole nitrogens is 1. The minimum absolute atomic E-state index is 0.102. The van der Waals surface area contributed by atoms with Gasteiger partial charge in [0.2, 0.25) is 26.0 Å². The van der Waals surface area contributed by atoms with Crippen LogP contribution in [0.4, 0.5) is 0 Å². The lowest BCUT2D eigenvalue weighted by Crippen LogP contribution is -2.31. The normalized spacial score (nSPS) is 17.3. The molecule has 214 valence electrons. The van der Waals surface area contributed by atoms with Gasteiger partial charge in [-0.3, -0.25) is 9.52 Å². The van der Waals surface area contributed by atoms with Crippen molar-refractivity contribution in [3.05, 3.63) is 119 Å². The number of halogens is 1. The molecule has 3 N–H and O–H groups in total. The van der Waals surface area contributed by atoms with E-state index < -0.39 is 37.2 Å². The third kappa shape index (κ3) is 5.82. The van der Waals surface area contributed by atoms with Crippen LogP contribution in [0.25, 0.3) is 22.2 Å². The van der Waals surface area contributed by atoms with Crippen molar-refractivity contribution in [3.63, 3.8) is 0 Å². The fraction of sp³-hybridized carbons (Fsp3) is 0.133. The van der Waals surface area contributed by atoms with E-state index in [9.17, 15) is 21.6 Å². The fourth-order valence-electron chi connectivity index (χ4n) is 5.02. The molecule has 0 spiro atoms. The molecule has 0 saturated carbocycles. The molecule has 1 amide bonds. The molecule has 1 saturated heterocycles. The summed E-state index contributed by atoms with van der Waals surface area (Å²) in [6.07, 6.45) is 0.0679. The van der Waals surface area contributed by atoms with Gasteiger partial charge < -0.3 is 4.98 Å². The van der Waals surface area contributed by atoms with Gasteiger partial charge >= 0.3 is 0 Å². The van der Waals surface area contributed by atoms with Crippen LogP contribution in [0.3, 0.4) is 0 Å². The van der Waals surface area contributed by atoms with Gasteiger partial charge in [0.25, 0.3) is 0 Å². The number of aromatic nitrogens is 2. The van der Waals surface area contributed by atoms with E-state index in [1.165, 1.54) is 0 Å². The van der Waals surface area contributed by atoms with E-state index in [4.69, 9.17) is 11.6 Å². The van der Waals surface area contributed by atoms with E-state index in [-0.39, 0.29) is 17.7 Å². The first kappa shape index (κ1) is 28.1. The van der Waals surface area contributed by atoms with Crippen molar-refractivity contribution in [2.45, 2.75) is 29.0 Å². The summed E-state index contributed by atoms with van der Waals surface area (Å²) in [7, 11) is -7.76. The van der Waals surface area contributed by atoms with Crippen molar-refractivity contribution in [2.75, 3.05) is 0 Å². The standard InChI is InChI=1S/C30H25ClN4O5S2/c31-23-12-15-25-26(17-23)33-30(32-25)27(16-19-6-8-22(9-7-19)28-18-29(36)35-42(28,39)40)34-41(37,38)24-13-10-21(11-14-24)20-4-2-1-3-5-20/h1-15,17,27-28,34H,16,18H2,(H,32,33)(H,35,36)/t27-,28?/m0/s1. The number of nitrogens with one attached hydrogen (secondary N) is 3. The van der Waals surface area contributed by atoms with Gasteiger partial charge in [0.1, 0.15) is 11.1 Å². The molecular weight excluding hydrogens is 596 g/mol. The Kier molecular flexibility index (Phi) is 7.36. The van der Waals surface area contributed by atoms with Crippen LogP contribution in [0, 0.1) is 0 Å². The Morgan fingerprint density at radius 2 is 1.62 bits per heavy atom. The van der Waals surface area contributed by atoms with Gasteiger partial charge in [0.15, 0.2) is 0 Å². The van der Waals surface area contributed by atoms with Gasteiger partial charge in [0.05, 0.1) is 28.4 Å². The topological polar surface area (TPSA) is 138 Å². The minimum Gasteiger partial charge on any atom is -0.341 e. The van der Waals surface area contributed by atoms with Crippen molar-refractivity contribution >= 4 is 48.6 Å². The second kappa shape index (κ2) is 11.0. The average molecular weight is 621 g/mol. The molecule has 9 nitrogen and oxygen atoms in total. The molecule has 42 heavy (non-hydrogen) atoms. The number of sulfonamides is 2. The molecule has 1 aliphatic rings. The first-order chi connectivity index (χ1) is 20.1. The third-order valence-corrected chi connectivity index (χ3v) is 10.6. The lowest BCUT2D eigenvalue weighted by atomic mass is 10.0. The van der Waals surface area contributed by atoms with Gasteiger partial charge in [-0.05, 0) is 59.0 Å². The van der Waals surface area contributed by atoms with E-state index >= 15 is 0 Å². The molecule has 2 heterocycles. The Bertz CT molecular complexity index is 1990. The largest absolute Gasteiger partial charge is 0.341 e. The van der Waals surface area contributed by atoms with Gasteiger partial charge in [0, 0.05) is 5.02 Å². The van der Waals surface area contributed by atoms with E-state index in [1.807, 2.05) is 35.1 Å². The Balaban J connectivity index is 1.30. The van der Waals surface area contributed by atoms with Crippen molar-refractivity contribution < 1.29 is 21.6 Å². The molecule has 1 aromatic heterocycles. The summed E-state index contributed by atoms with van der Waals surface area (Å²) in [6, 6.07) is 27.4. The molecule has 4 aromatic carbocycles. The highest BCUT2D eigenvalue weighted by Crippen LogP contribution is 2.31. The predicted octanol–water partition coefficient (Wildman–Crippen LogP) is 5.04. The van der Waals surface area contributed by atoms with Crippen LogP contribution in [0.5, 0.6) is 0 Å². The SMILES string of the molecule is O=C1CC(c2ccc(C[C@H](NS(=O)(=O)c3ccc(-c4ccccc4)cc3)c3nc4ccc(Cl)cc4[nH]3)cc2)S(=O)(=O)N1. The average Bonchev–Trinajstić information content (AvgIpc) is 3.52. The number of fused-ring (bicyclic) bond motifs is 1. The number of carbonyl (C=O) groups excluding carboxylic acids is 1. The lowest BCUT2D eigenvalue weighted by Gasteiger charge is -2.18. The zero-order valence-electron chi connectivity index (χ0n) is 22.0. The highest BCUT2D eigenvalue weighted by atomic mass is 35.5. The lowest BCUT2D eigenvalue weighted by molar-refractivity contribution is -0.118. The first-order valence-corrected chi connectivity index (χ1v) is 16.4. The minimum atomic E-state index is -3.98. The van der Waals surface area contributed by atoms with Crippen LogP contribution in [-0.2, 0) is 31.3 Å². The van der Waals surface area contributed by atoms with Crippen LogP contribution in [0.15, 0.2) is 102 Å². The number of imidazole rings is 1. The molecule has 1 aliphatic heterocycles. The molecule has 0 bridgehead atoms. The van der Waals surface area contributed by atoms with Crippen LogP contribution in [0.1, 0.15) is 34.7 Å². The molecule has 0 radical (unpaired) electrons. The molecule has 12 heteroatoms. The summed E-state index contributed by atoms with van der Waals surface area (Å²) in [5.74, 6) is -0.144. The predicted molar refractivity (Wildman–Crippen MR) is 161 cm³/mol. The number of benzene rings is 4. The Labute approximate surface area is 248 Å². The number of aromatic amines is 1. The van der Waals surface area contributed by atoms with Gasteiger partial charge in [-0.2, -0.15) is 0 Å². The maximum absolute atomic E-state index is 13.6. The monoisotopic (exact) mass is 620 g/mol. The van der Waals surface area contributed by atoms with E-state index in [0.717, 1.165) is 16.7 Å². The summed E-state index contributed by atoms with van der Waals surface area (Å²) >= 11 is 6.15. The highest BCUT2D eigenvalue weighted by Gasteiger charge is 2.37. The van der Waals surface area contributed by atoms with Crippen LogP contribution in [-0.4, -0.2) is 32.7 Å². The smallest absolute Gasteiger partial charge is 0.242 e. The number of carbonyl (C=O) groups is 1. The van der Waals surface area contributed by atoms with E-state index in [2.05, 4.69) is 14.7 Å². The van der Waals surface area contributed by atoms with Crippen LogP contribution in [0.2, 0.25) is 5.02 Å². The molecule has 2 atom stereocenters. The van der Waals surface area contributed by atoms with Gasteiger partial charge in [-0.1, -0.05) is 78.3 Å². The Morgan fingerprint density at radius 1 is 0.929 bits per heavy atom. The summed E-state index contributed by atoms with van der Waals surface area (Å²) < 4.78 is 56.5. The van der Waals surface area contributed by atoms with Crippen LogP contribution >= 0.6 is 11.6 Å². The fourth-order valence-corrected chi connectivity index (χ4v) is 7.83.